The van der Waals surface area contributed by atoms with Gasteiger partial charge in [-0.25, -0.2) is 0 Å². The van der Waals surface area contributed by atoms with Gasteiger partial charge >= 0.3 is 0 Å². The number of fused-ring (bicyclic) bond motifs is 1. The van der Waals surface area contributed by atoms with Crippen LogP contribution in [0.25, 0.3) is 0 Å². The van der Waals surface area contributed by atoms with E-state index in [4.69, 9.17) is 11.2 Å². The highest BCUT2D eigenvalue weighted by Gasteiger charge is 2.39. The predicted molar refractivity (Wildman–Crippen MR) is 84.1 cm³/mol. The summed E-state index contributed by atoms with van der Waals surface area (Å²) in [7, 11) is 0. The average Bonchev–Trinajstić information content (AvgIpc) is 3.32. The highest BCUT2D eigenvalue weighted by Crippen LogP contribution is 2.38. The molecule has 1 aromatic carbocycles. The molecular formula is C16H16N4O3. The molecule has 0 fully saturated rings. The molecule has 0 saturated heterocycles. The van der Waals surface area contributed by atoms with Crippen molar-refractivity contribution < 1.29 is 14.3 Å². The van der Waals surface area contributed by atoms with E-state index in [-0.39, 0.29) is 24.8 Å². The van der Waals surface area contributed by atoms with Crippen LogP contribution in [0.15, 0.2) is 28.4 Å². The number of para-hydroxylation sites is 1. The summed E-state index contributed by atoms with van der Waals surface area (Å²) in [6, 6.07) is 5.21. The van der Waals surface area contributed by atoms with Gasteiger partial charge in [-0.2, -0.15) is 10.2 Å². The lowest BCUT2D eigenvalue weighted by atomic mass is 10.0. The van der Waals surface area contributed by atoms with Crippen LogP contribution in [0, 0.1) is 12.3 Å². The van der Waals surface area contributed by atoms with Gasteiger partial charge in [0, 0.05) is 25.7 Å². The van der Waals surface area contributed by atoms with Crippen molar-refractivity contribution in [1.82, 2.24) is 0 Å². The Balaban J connectivity index is 1.59. The molecule has 0 bridgehead atoms. The Morgan fingerprint density at radius 1 is 1.43 bits per heavy atom. The number of benzene rings is 1. The summed E-state index contributed by atoms with van der Waals surface area (Å²) < 4.78 is 5.31. The zero-order valence-corrected chi connectivity index (χ0v) is 12.5. The smallest absolute Gasteiger partial charge is 0.262 e. The van der Waals surface area contributed by atoms with Crippen LogP contribution in [0.1, 0.15) is 25.7 Å². The molecule has 118 valence electrons. The van der Waals surface area contributed by atoms with E-state index in [2.05, 4.69) is 26.8 Å². The summed E-state index contributed by atoms with van der Waals surface area (Å²) >= 11 is 0. The summed E-state index contributed by atoms with van der Waals surface area (Å²) in [5.41, 5.74) is 0.528. The number of terminal acetylenes is 1. The SMILES string of the molecule is C#CCCC1(CCC(=O)Nc2cccc3c2NC(=O)CO3)N=N1. The van der Waals surface area contributed by atoms with Crippen molar-refractivity contribution in [3.8, 4) is 18.1 Å². The Bertz CT molecular complexity index is 715. The Labute approximate surface area is 133 Å². The molecule has 0 aromatic heterocycles. The van der Waals surface area contributed by atoms with Crippen LogP contribution < -0.4 is 15.4 Å². The number of nitrogens with zero attached hydrogens (tertiary/aromatic N) is 2. The van der Waals surface area contributed by atoms with Gasteiger partial charge in [0.1, 0.15) is 11.4 Å². The molecule has 0 unspecified atom stereocenters. The first-order valence-corrected chi connectivity index (χ1v) is 7.35. The minimum absolute atomic E-state index is 0.0227. The van der Waals surface area contributed by atoms with Crippen LogP contribution in [0.2, 0.25) is 0 Å². The fraction of sp³-hybridized carbons (Fsp3) is 0.375. The van der Waals surface area contributed by atoms with E-state index < -0.39 is 5.66 Å². The molecular weight excluding hydrogens is 296 g/mol. The molecule has 2 N–H and O–H groups in total. The van der Waals surface area contributed by atoms with Crippen LogP contribution in [-0.2, 0) is 9.59 Å². The second-order valence-corrected chi connectivity index (χ2v) is 5.45. The number of anilines is 2. The molecule has 1 aromatic rings. The Hall–Kier alpha value is -2.88. The van der Waals surface area contributed by atoms with Gasteiger partial charge in [0.05, 0.1) is 5.69 Å². The van der Waals surface area contributed by atoms with E-state index in [1.54, 1.807) is 18.2 Å². The normalized spacial score (nSPS) is 16.6. The minimum atomic E-state index is -0.475. The van der Waals surface area contributed by atoms with E-state index >= 15 is 0 Å². The number of carbonyl (C=O) groups excluding carboxylic acids is 2. The molecule has 7 heteroatoms. The fourth-order valence-electron chi connectivity index (χ4n) is 2.40. The number of rotatable bonds is 6. The second-order valence-electron chi connectivity index (χ2n) is 5.45. The number of amides is 2. The summed E-state index contributed by atoms with van der Waals surface area (Å²) in [5.74, 6) is 2.68. The van der Waals surface area contributed by atoms with Crippen molar-refractivity contribution in [2.24, 2.45) is 10.2 Å². The summed E-state index contributed by atoms with van der Waals surface area (Å²) in [6.45, 7) is -0.0227. The number of nitrogens with one attached hydrogen (secondary N) is 2. The van der Waals surface area contributed by atoms with Crippen molar-refractivity contribution >= 4 is 23.2 Å². The minimum Gasteiger partial charge on any atom is -0.481 e. The third kappa shape index (κ3) is 3.48. The summed E-state index contributed by atoms with van der Waals surface area (Å²) in [6.07, 6.45) is 7.29. The molecule has 2 aliphatic heterocycles. The lowest BCUT2D eigenvalue weighted by Crippen LogP contribution is -2.27. The molecule has 0 spiro atoms. The topological polar surface area (TPSA) is 92.2 Å². The van der Waals surface area contributed by atoms with Crippen LogP contribution in [0.3, 0.4) is 0 Å². The molecule has 23 heavy (non-hydrogen) atoms. The number of hydrogen-bond donors (Lipinski definition) is 2. The standard InChI is InChI=1S/C16H16N4O3/c1-2-3-8-16(19-20-16)9-7-13(21)17-11-5-4-6-12-15(11)18-14(22)10-23-12/h1,4-6H,3,7-10H2,(H,17,21)(H,18,22). The van der Waals surface area contributed by atoms with E-state index in [0.29, 0.717) is 36.4 Å². The van der Waals surface area contributed by atoms with Gasteiger partial charge < -0.3 is 15.4 Å². The lowest BCUT2D eigenvalue weighted by molar-refractivity contribution is -0.119. The molecule has 2 amide bonds. The van der Waals surface area contributed by atoms with Crippen LogP contribution in [0.5, 0.6) is 5.75 Å². The Morgan fingerprint density at radius 2 is 2.26 bits per heavy atom. The first kappa shape index (κ1) is 15.0. The maximum absolute atomic E-state index is 12.1. The monoisotopic (exact) mass is 312 g/mol. The number of ether oxygens (including phenoxy) is 1. The van der Waals surface area contributed by atoms with E-state index in [9.17, 15) is 9.59 Å². The highest BCUT2D eigenvalue weighted by molar-refractivity contribution is 6.03. The third-order valence-electron chi connectivity index (χ3n) is 3.73. The first-order chi connectivity index (χ1) is 11.1. The molecule has 2 heterocycles. The molecule has 0 radical (unpaired) electrons. The largest absolute Gasteiger partial charge is 0.481 e. The molecule has 3 rings (SSSR count). The fourth-order valence-corrected chi connectivity index (χ4v) is 2.40. The van der Waals surface area contributed by atoms with E-state index in [1.165, 1.54) is 0 Å². The van der Waals surface area contributed by atoms with E-state index in [1.807, 2.05) is 0 Å². The second kappa shape index (κ2) is 6.08. The van der Waals surface area contributed by atoms with Gasteiger partial charge in [0.2, 0.25) is 5.91 Å². The Morgan fingerprint density at radius 3 is 3.00 bits per heavy atom. The van der Waals surface area contributed by atoms with Crippen molar-refractivity contribution in [2.45, 2.75) is 31.3 Å². The lowest BCUT2D eigenvalue weighted by Gasteiger charge is -2.21. The Kier molecular flexibility index (Phi) is 3.98. The quantitative estimate of drug-likeness (QED) is 0.789. The van der Waals surface area contributed by atoms with Crippen molar-refractivity contribution in [3.63, 3.8) is 0 Å². The van der Waals surface area contributed by atoms with Gasteiger partial charge in [-0.3, -0.25) is 9.59 Å². The van der Waals surface area contributed by atoms with Crippen molar-refractivity contribution in [2.75, 3.05) is 17.2 Å². The van der Waals surface area contributed by atoms with Gasteiger partial charge in [0.15, 0.2) is 12.3 Å². The van der Waals surface area contributed by atoms with Crippen molar-refractivity contribution in [1.29, 1.82) is 0 Å². The van der Waals surface area contributed by atoms with Gasteiger partial charge in [-0.15, -0.1) is 12.3 Å². The first-order valence-electron chi connectivity index (χ1n) is 7.35. The van der Waals surface area contributed by atoms with Gasteiger partial charge in [-0.05, 0) is 12.1 Å². The molecule has 7 nitrogen and oxygen atoms in total. The predicted octanol–water partition coefficient (Wildman–Crippen LogP) is 2.31. The zero-order valence-electron chi connectivity index (χ0n) is 12.5. The van der Waals surface area contributed by atoms with Crippen LogP contribution in [0.4, 0.5) is 11.4 Å². The van der Waals surface area contributed by atoms with Crippen molar-refractivity contribution in [3.05, 3.63) is 18.2 Å². The number of hydrogen-bond acceptors (Lipinski definition) is 5. The van der Waals surface area contributed by atoms with Gasteiger partial charge in [-0.1, -0.05) is 6.07 Å². The molecule has 0 atom stereocenters. The summed E-state index contributed by atoms with van der Waals surface area (Å²) in [5, 5.41) is 13.5. The van der Waals surface area contributed by atoms with Crippen LogP contribution >= 0.6 is 0 Å². The highest BCUT2D eigenvalue weighted by atomic mass is 16.5. The molecule has 2 aliphatic rings. The van der Waals surface area contributed by atoms with Crippen LogP contribution in [-0.4, -0.2) is 24.1 Å². The van der Waals surface area contributed by atoms with E-state index in [0.717, 1.165) is 0 Å². The third-order valence-corrected chi connectivity index (χ3v) is 3.73. The maximum Gasteiger partial charge on any atom is 0.262 e. The molecule has 0 saturated carbocycles. The number of carbonyl (C=O) groups is 2. The maximum atomic E-state index is 12.1. The average molecular weight is 312 g/mol. The zero-order chi connectivity index (χ0) is 16.3. The van der Waals surface area contributed by atoms with Gasteiger partial charge in [0.25, 0.3) is 5.91 Å². The molecule has 0 aliphatic carbocycles. The summed E-state index contributed by atoms with van der Waals surface area (Å²) in [4.78, 5) is 23.6.